The van der Waals surface area contributed by atoms with Gasteiger partial charge in [-0.05, 0) is 36.2 Å². The van der Waals surface area contributed by atoms with Gasteiger partial charge in [-0.15, -0.1) is 0 Å². The van der Waals surface area contributed by atoms with Crippen molar-refractivity contribution >= 4 is 17.5 Å². The number of carbonyl (C=O) groups is 2. The standard InChI is InChI=1S/C19H20F2N2O3/c1-13(24)23(10-9-14-5-3-6-15(11-14)26-2)12-18(25)22-19-16(20)7-4-8-17(19)21/h3-8,11H,9-10,12H2,1-2H3,(H,22,25). The second kappa shape index (κ2) is 8.94. The third kappa shape index (κ3) is 5.27. The van der Waals surface area contributed by atoms with Crippen LogP contribution in [0.4, 0.5) is 14.5 Å². The van der Waals surface area contributed by atoms with Gasteiger partial charge in [0.05, 0.1) is 13.7 Å². The Hall–Kier alpha value is -2.96. The van der Waals surface area contributed by atoms with Gasteiger partial charge >= 0.3 is 0 Å². The summed E-state index contributed by atoms with van der Waals surface area (Å²) in [5, 5.41) is 2.18. The molecular formula is C19H20F2N2O3. The molecule has 26 heavy (non-hydrogen) atoms. The Balaban J connectivity index is 1.99. The predicted octanol–water partition coefficient (Wildman–Crippen LogP) is 3.00. The number of ether oxygens (including phenoxy) is 1. The molecule has 0 saturated heterocycles. The maximum Gasteiger partial charge on any atom is 0.244 e. The zero-order valence-electron chi connectivity index (χ0n) is 14.6. The van der Waals surface area contributed by atoms with Crippen LogP contribution in [0, 0.1) is 11.6 Å². The molecule has 0 radical (unpaired) electrons. The van der Waals surface area contributed by atoms with E-state index in [-0.39, 0.29) is 19.0 Å². The number of anilines is 1. The van der Waals surface area contributed by atoms with Crippen molar-refractivity contribution in [2.24, 2.45) is 0 Å². The maximum atomic E-state index is 13.6. The molecule has 2 amide bonds. The molecule has 2 aromatic rings. The number of hydrogen-bond acceptors (Lipinski definition) is 3. The lowest BCUT2D eigenvalue weighted by atomic mass is 10.1. The fraction of sp³-hybridized carbons (Fsp3) is 0.263. The van der Waals surface area contributed by atoms with E-state index >= 15 is 0 Å². The number of hydrogen-bond donors (Lipinski definition) is 1. The molecule has 0 unspecified atom stereocenters. The minimum absolute atomic E-state index is 0.287. The van der Waals surface area contributed by atoms with Crippen LogP contribution in [0.5, 0.6) is 5.75 Å². The largest absolute Gasteiger partial charge is 0.497 e. The molecule has 0 aliphatic heterocycles. The Labute approximate surface area is 150 Å². The van der Waals surface area contributed by atoms with Gasteiger partial charge in [0.1, 0.15) is 23.1 Å². The highest BCUT2D eigenvalue weighted by Gasteiger charge is 2.17. The van der Waals surface area contributed by atoms with Crippen LogP contribution in [0.1, 0.15) is 12.5 Å². The zero-order valence-corrected chi connectivity index (χ0v) is 14.6. The highest BCUT2D eigenvalue weighted by atomic mass is 19.1. The second-order valence-electron chi connectivity index (χ2n) is 5.69. The highest BCUT2D eigenvalue weighted by molar-refractivity contribution is 5.94. The van der Waals surface area contributed by atoms with Gasteiger partial charge < -0.3 is 15.0 Å². The quantitative estimate of drug-likeness (QED) is 0.824. The minimum atomic E-state index is -0.871. The van der Waals surface area contributed by atoms with Gasteiger partial charge in [-0.25, -0.2) is 8.78 Å². The van der Waals surface area contributed by atoms with Crippen molar-refractivity contribution in [1.82, 2.24) is 4.90 Å². The van der Waals surface area contributed by atoms with Crippen LogP contribution in [-0.4, -0.2) is 36.9 Å². The summed E-state index contributed by atoms with van der Waals surface area (Å²) in [6.07, 6.45) is 0.512. The SMILES string of the molecule is COc1cccc(CCN(CC(=O)Nc2c(F)cccc2F)C(C)=O)c1. The van der Waals surface area contributed by atoms with E-state index in [2.05, 4.69) is 5.32 Å². The molecule has 5 nitrogen and oxygen atoms in total. The summed E-state index contributed by atoms with van der Waals surface area (Å²) < 4.78 is 32.3. The van der Waals surface area contributed by atoms with Crippen LogP contribution in [0.3, 0.4) is 0 Å². The van der Waals surface area contributed by atoms with Gasteiger partial charge in [-0.3, -0.25) is 9.59 Å². The summed E-state index contributed by atoms with van der Waals surface area (Å²) in [6.45, 7) is 1.32. The molecule has 0 bridgehead atoms. The van der Waals surface area contributed by atoms with E-state index in [1.807, 2.05) is 24.3 Å². The van der Waals surface area contributed by atoms with E-state index in [1.54, 1.807) is 7.11 Å². The fourth-order valence-corrected chi connectivity index (χ4v) is 2.41. The number of methoxy groups -OCH3 is 1. The number of rotatable bonds is 7. The van der Waals surface area contributed by atoms with Gasteiger partial charge in [-0.2, -0.15) is 0 Å². The Morgan fingerprint density at radius 1 is 1.12 bits per heavy atom. The van der Waals surface area contributed by atoms with E-state index in [0.29, 0.717) is 12.2 Å². The number of carbonyl (C=O) groups excluding carboxylic acids is 2. The van der Waals surface area contributed by atoms with Crippen LogP contribution in [0.25, 0.3) is 0 Å². The van der Waals surface area contributed by atoms with Gasteiger partial charge in [0.15, 0.2) is 0 Å². The molecule has 2 aromatic carbocycles. The molecule has 0 aliphatic rings. The van der Waals surface area contributed by atoms with Crippen LogP contribution >= 0.6 is 0 Å². The van der Waals surface area contributed by atoms with Crippen molar-refractivity contribution in [3.8, 4) is 5.75 Å². The van der Waals surface area contributed by atoms with Crippen molar-refractivity contribution in [2.75, 3.05) is 25.5 Å². The topological polar surface area (TPSA) is 58.6 Å². The second-order valence-corrected chi connectivity index (χ2v) is 5.69. The first-order valence-corrected chi connectivity index (χ1v) is 8.03. The average molecular weight is 362 g/mol. The number of para-hydroxylation sites is 1. The summed E-state index contributed by atoms with van der Waals surface area (Å²) in [5.74, 6) is -2.02. The third-order valence-electron chi connectivity index (χ3n) is 3.81. The normalized spacial score (nSPS) is 10.3. The van der Waals surface area contributed by atoms with E-state index in [1.165, 1.54) is 17.9 Å². The van der Waals surface area contributed by atoms with Crippen LogP contribution in [0.2, 0.25) is 0 Å². The molecule has 0 saturated carbocycles. The molecule has 2 rings (SSSR count). The van der Waals surface area contributed by atoms with Gasteiger partial charge in [0.25, 0.3) is 0 Å². The summed E-state index contributed by atoms with van der Waals surface area (Å²) in [7, 11) is 1.56. The highest BCUT2D eigenvalue weighted by Crippen LogP contribution is 2.18. The molecule has 138 valence electrons. The lowest BCUT2D eigenvalue weighted by molar-refractivity contribution is -0.132. The zero-order chi connectivity index (χ0) is 19.1. The summed E-state index contributed by atoms with van der Waals surface area (Å²) >= 11 is 0. The Bertz CT molecular complexity index is 776. The summed E-state index contributed by atoms with van der Waals surface area (Å²) in [4.78, 5) is 25.2. The minimum Gasteiger partial charge on any atom is -0.497 e. The van der Waals surface area contributed by atoms with Crippen LogP contribution in [-0.2, 0) is 16.0 Å². The Morgan fingerprint density at radius 3 is 2.38 bits per heavy atom. The number of halogens is 2. The lowest BCUT2D eigenvalue weighted by Gasteiger charge is -2.21. The molecule has 0 atom stereocenters. The van der Waals surface area contributed by atoms with E-state index in [9.17, 15) is 18.4 Å². The number of nitrogens with one attached hydrogen (secondary N) is 1. The summed E-state index contributed by atoms with van der Waals surface area (Å²) in [5.41, 5.74) is 0.421. The lowest BCUT2D eigenvalue weighted by Crippen LogP contribution is -2.38. The molecule has 1 N–H and O–H groups in total. The molecule has 7 heteroatoms. The third-order valence-corrected chi connectivity index (χ3v) is 3.81. The molecule has 0 heterocycles. The fourth-order valence-electron chi connectivity index (χ4n) is 2.41. The number of benzene rings is 2. The monoisotopic (exact) mass is 362 g/mol. The van der Waals surface area contributed by atoms with Gasteiger partial charge in [-0.1, -0.05) is 18.2 Å². The van der Waals surface area contributed by atoms with Crippen molar-refractivity contribution in [2.45, 2.75) is 13.3 Å². The first-order chi connectivity index (χ1) is 12.4. The van der Waals surface area contributed by atoms with Crippen molar-refractivity contribution < 1.29 is 23.1 Å². The van der Waals surface area contributed by atoms with Crippen molar-refractivity contribution in [3.63, 3.8) is 0 Å². The molecule has 0 fully saturated rings. The van der Waals surface area contributed by atoms with E-state index in [4.69, 9.17) is 4.74 Å². The van der Waals surface area contributed by atoms with Crippen LogP contribution in [0.15, 0.2) is 42.5 Å². The maximum absolute atomic E-state index is 13.6. The first-order valence-electron chi connectivity index (χ1n) is 8.03. The number of nitrogens with zero attached hydrogens (tertiary/aromatic N) is 1. The molecule has 0 aromatic heterocycles. The molecular weight excluding hydrogens is 342 g/mol. The van der Waals surface area contributed by atoms with Gasteiger partial charge in [0, 0.05) is 13.5 Å². The first kappa shape index (κ1) is 19.4. The average Bonchev–Trinajstić information content (AvgIpc) is 2.61. The van der Waals surface area contributed by atoms with Gasteiger partial charge in [0.2, 0.25) is 11.8 Å². The van der Waals surface area contributed by atoms with E-state index < -0.39 is 23.2 Å². The van der Waals surface area contributed by atoms with Crippen molar-refractivity contribution in [1.29, 1.82) is 0 Å². The Kier molecular flexibility index (Phi) is 6.66. The predicted molar refractivity (Wildman–Crippen MR) is 93.9 cm³/mol. The molecule has 0 spiro atoms. The Morgan fingerprint density at radius 2 is 1.77 bits per heavy atom. The molecule has 0 aliphatic carbocycles. The van der Waals surface area contributed by atoms with Crippen LogP contribution < -0.4 is 10.1 Å². The van der Waals surface area contributed by atoms with E-state index in [0.717, 1.165) is 17.7 Å². The number of amides is 2. The van der Waals surface area contributed by atoms with Crippen molar-refractivity contribution in [3.05, 3.63) is 59.7 Å². The smallest absolute Gasteiger partial charge is 0.244 e. The summed E-state index contributed by atoms with van der Waals surface area (Å²) in [6, 6.07) is 10.7.